The highest BCUT2D eigenvalue weighted by Gasteiger charge is 2.10. The van der Waals surface area contributed by atoms with E-state index in [9.17, 15) is 4.79 Å². The van der Waals surface area contributed by atoms with Crippen LogP contribution >= 0.6 is 0 Å². The molecule has 0 aliphatic carbocycles. The number of benzene rings is 1. The van der Waals surface area contributed by atoms with E-state index in [-0.39, 0.29) is 5.91 Å². The lowest BCUT2D eigenvalue weighted by Crippen LogP contribution is -2.28. The molecule has 0 unspecified atom stereocenters. The SMILES string of the molecule is CN(CCc1ccccn1)C(=O)CCCc1c[nH]c2ccccc12. The molecule has 124 valence electrons. The maximum Gasteiger partial charge on any atom is 0.222 e. The highest BCUT2D eigenvalue weighted by molar-refractivity contribution is 5.83. The monoisotopic (exact) mass is 321 g/mol. The summed E-state index contributed by atoms with van der Waals surface area (Å²) < 4.78 is 0. The fourth-order valence-electron chi connectivity index (χ4n) is 2.91. The van der Waals surface area contributed by atoms with Gasteiger partial charge in [0.25, 0.3) is 0 Å². The van der Waals surface area contributed by atoms with Crippen molar-refractivity contribution in [3.8, 4) is 0 Å². The lowest BCUT2D eigenvalue weighted by molar-refractivity contribution is -0.129. The van der Waals surface area contributed by atoms with Gasteiger partial charge in [0, 0.05) is 55.4 Å². The van der Waals surface area contributed by atoms with Gasteiger partial charge >= 0.3 is 0 Å². The maximum absolute atomic E-state index is 12.3. The van der Waals surface area contributed by atoms with Gasteiger partial charge in [-0.25, -0.2) is 0 Å². The molecule has 0 fully saturated rings. The molecule has 0 radical (unpaired) electrons. The Bertz CT molecular complexity index is 795. The van der Waals surface area contributed by atoms with Crippen molar-refractivity contribution in [2.24, 2.45) is 0 Å². The van der Waals surface area contributed by atoms with Crippen molar-refractivity contribution in [3.63, 3.8) is 0 Å². The summed E-state index contributed by atoms with van der Waals surface area (Å²) in [7, 11) is 1.87. The fourth-order valence-corrected chi connectivity index (χ4v) is 2.91. The van der Waals surface area contributed by atoms with Gasteiger partial charge in [0.2, 0.25) is 5.91 Å². The van der Waals surface area contributed by atoms with E-state index in [0.29, 0.717) is 13.0 Å². The average Bonchev–Trinajstić information content (AvgIpc) is 3.04. The smallest absolute Gasteiger partial charge is 0.222 e. The van der Waals surface area contributed by atoms with E-state index in [4.69, 9.17) is 0 Å². The molecule has 4 heteroatoms. The Balaban J connectivity index is 1.45. The zero-order valence-electron chi connectivity index (χ0n) is 14.0. The molecule has 0 aliphatic rings. The van der Waals surface area contributed by atoms with Crippen molar-refractivity contribution in [1.29, 1.82) is 0 Å². The molecule has 1 aromatic carbocycles. The lowest BCUT2D eigenvalue weighted by Gasteiger charge is -2.16. The number of carbonyl (C=O) groups excluding carboxylic acids is 1. The van der Waals surface area contributed by atoms with Gasteiger partial charge < -0.3 is 9.88 Å². The second-order valence-corrected chi connectivity index (χ2v) is 6.10. The van der Waals surface area contributed by atoms with Crippen LogP contribution in [0.25, 0.3) is 10.9 Å². The number of hydrogen-bond donors (Lipinski definition) is 1. The topological polar surface area (TPSA) is 49.0 Å². The highest BCUT2D eigenvalue weighted by Crippen LogP contribution is 2.19. The number of fused-ring (bicyclic) bond motifs is 1. The third-order valence-corrected chi connectivity index (χ3v) is 4.37. The van der Waals surface area contributed by atoms with Crippen LogP contribution in [0.3, 0.4) is 0 Å². The molecule has 1 amide bonds. The number of para-hydroxylation sites is 1. The molecule has 0 aliphatic heterocycles. The molecule has 0 bridgehead atoms. The number of carbonyl (C=O) groups is 1. The summed E-state index contributed by atoms with van der Waals surface area (Å²) in [4.78, 5) is 21.6. The summed E-state index contributed by atoms with van der Waals surface area (Å²) >= 11 is 0. The number of aryl methyl sites for hydroxylation is 1. The van der Waals surface area contributed by atoms with Crippen molar-refractivity contribution in [2.45, 2.75) is 25.7 Å². The Morgan fingerprint density at radius 3 is 2.79 bits per heavy atom. The van der Waals surface area contributed by atoms with Gasteiger partial charge in [-0.15, -0.1) is 0 Å². The molecular weight excluding hydrogens is 298 g/mol. The lowest BCUT2D eigenvalue weighted by atomic mass is 10.1. The Morgan fingerprint density at radius 2 is 1.96 bits per heavy atom. The van der Waals surface area contributed by atoms with Gasteiger partial charge in [-0.05, 0) is 36.6 Å². The number of aromatic nitrogens is 2. The predicted molar refractivity (Wildman–Crippen MR) is 96.8 cm³/mol. The summed E-state index contributed by atoms with van der Waals surface area (Å²) in [6.07, 6.45) is 7.01. The predicted octanol–water partition coefficient (Wildman–Crippen LogP) is 3.59. The van der Waals surface area contributed by atoms with Crippen molar-refractivity contribution in [1.82, 2.24) is 14.9 Å². The van der Waals surface area contributed by atoms with Gasteiger partial charge in [-0.2, -0.15) is 0 Å². The first kappa shape index (κ1) is 16.2. The minimum atomic E-state index is 0.200. The summed E-state index contributed by atoms with van der Waals surface area (Å²) in [6, 6.07) is 14.2. The molecule has 0 spiro atoms. The van der Waals surface area contributed by atoms with E-state index in [2.05, 4.69) is 34.4 Å². The van der Waals surface area contributed by atoms with Crippen LogP contribution in [0, 0.1) is 0 Å². The van der Waals surface area contributed by atoms with Crippen LogP contribution in [-0.4, -0.2) is 34.4 Å². The molecule has 4 nitrogen and oxygen atoms in total. The third-order valence-electron chi connectivity index (χ3n) is 4.37. The minimum absolute atomic E-state index is 0.200. The largest absolute Gasteiger partial charge is 0.361 e. The van der Waals surface area contributed by atoms with Crippen molar-refractivity contribution >= 4 is 16.8 Å². The van der Waals surface area contributed by atoms with Crippen molar-refractivity contribution < 1.29 is 4.79 Å². The standard InChI is InChI=1S/C20H23N3O/c1-23(14-12-17-8-4-5-13-21-17)20(24)11-6-7-16-15-22-19-10-3-2-9-18(16)19/h2-5,8-10,13,15,22H,6-7,11-12,14H2,1H3. The molecule has 0 saturated carbocycles. The number of nitrogens with one attached hydrogen (secondary N) is 1. The molecule has 24 heavy (non-hydrogen) atoms. The molecule has 3 aromatic rings. The molecule has 0 saturated heterocycles. The minimum Gasteiger partial charge on any atom is -0.361 e. The van der Waals surface area contributed by atoms with E-state index in [1.165, 1.54) is 10.9 Å². The van der Waals surface area contributed by atoms with E-state index >= 15 is 0 Å². The normalized spacial score (nSPS) is 10.9. The van der Waals surface area contributed by atoms with Gasteiger partial charge in [-0.3, -0.25) is 9.78 Å². The van der Waals surface area contributed by atoms with Crippen LogP contribution < -0.4 is 0 Å². The number of H-pyrrole nitrogens is 1. The van der Waals surface area contributed by atoms with E-state index < -0.39 is 0 Å². The van der Waals surface area contributed by atoms with Gasteiger partial charge in [-0.1, -0.05) is 24.3 Å². The first-order valence-corrected chi connectivity index (χ1v) is 8.43. The number of nitrogens with zero attached hydrogens (tertiary/aromatic N) is 2. The van der Waals surface area contributed by atoms with Gasteiger partial charge in [0.15, 0.2) is 0 Å². The molecule has 0 atom stereocenters. The maximum atomic E-state index is 12.3. The van der Waals surface area contributed by atoms with E-state index in [1.807, 2.05) is 36.2 Å². The van der Waals surface area contributed by atoms with Gasteiger partial charge in [0.05, 0.1) is 0 Å². The number of rotatable bonds is 7. The number of hydrogen-bond acceptors (Lipinski definition) is 2. The molecule has 2 heterocycles. The second kappa shape index (κ2) is 7.77. The van der Waals surface area contributed by atoms with Gasteiger partial charge in [0.1, 0.15) is 0 Å². The average molecular weight is 321 g/mol. The zero-order valence-corrected chi connectivity index (χ0v) is 14.0. The Morgan fingerprint density at radius 1 is 1.12 bits per heavy atom. The summed E-state index contributed by atoms with van der Waals surface area (Å²) in [5, 5.41) is 1.26. The number of likely N-dealkylation sites (N-methyl/N-ethyl adjacent to an activating group) is 1. The molecular formula is C20H23N3O. The Hall–Kier alpha value is -2.62. The van der Waals surface area contributed by atoms with Crippen LogP contribution in [0.1, 0.15) is 24.1 Å². The van der Waals surface area contributed by atoms with Crippen molar-refractivity contribution in [2.75, 3.05) is 13.6 Å². The number of aromatic amines is 1. The van der Waals surface area contributed by atoms with Crippen LogP contribution in [0.2, 0.25) is 0 Å². The fraction of sp³-hybridized carbons (Fsp3) is 0.300. The van der Waals surface area contributed by atoms with E-state index in [0.717, 1.165) is 30.5 Å². The Kier molecular flexibility index (Phi) is 5.26. The molecule has 3 rings (SSSR count). The van der Waals surface area contributed by atoms with Crippen LogP contribution in [-0.2, 0) is 17.6 Å². The Labute approximate surface area is 142 Å². The van der Waals surface area contributed by atoms with Crippen LogP contribution in [0.5, 0.6) is 0 Å². The summed E-state index contributed by atoms with van der Waals surface area (Å²) in [5.41, 5.74) is 3.47. The quantitative estimate of drug-likeness (QED) is 0.723. The molecule has 1 N–H and O–H groups in total. The van der Waals surface area contributed by atoms with Crippen molar-refractivity contribution in [3.05, 3.63) is 66.1 Å². The summed E-state index contributed by atoms with van der Waals surface area (Å²) in [6.45, 7) is 0.711. The first-order chi connectivity index (χ1) is 11.7. The molecule has 2 aromatic heterocycles. The first-order valence-electron chi connectivity index (χ1n) is 8.43. The highest BCUT2D eigenvalue weighted by atomic mass is 16.2. The number of amides is 1. The second-order valence-electron chi connectivity index (χ2n) is 6.10. The van der Waals surface area contributed by atoms with E-state index in [1.54, 1.807) is 6.20 Å². The third kappa shape index (κ3) is 4.02. The zero-order chi connectivity index (χ0) is 16.8. The van der Waals surface area contributed by atoms with Crippen LogP contribution in [0.4, 0.5) is 0 Å². The van der Waals surface area contributed by atoms with Crippen LogP contribution in [0.15, 0.2) is 54.9 Å². The number of pyridine rings is 1. The summed E-state index contributed by atoms with van der Waals surface area (Å²) in [5.74, 6) is 0.200.